The Morgan fingerprint density at radius 2 is 2.18 bits per heavy atom. The summed E-state index contributed by atoms with van der Waals surface area (Å²) in [7, 11) is 0. The van der Waals surface area contributed by atoms with E-state index < -0.39 is 0 Å². The Kier molecular flexibility index (Phi) is 4.54. The number of rotatable bonds is 6. The van der Waals surface area contributed by atoms with Crippen LogP contribution < -0.4 is 5.32 Å². The van der Waals surface area contributed by atoms with Gasteiger partial charge < -0.3 is 9.84 Å². The van der Waals surface area contributed by atoms with Gasteiger partial charge in [0.15, 0.2) is 5.82 Å². The molecule has 1 atom stereocenters. The van der Waals surface area contributed by atoms with E-state index in [1.165, 1.54) is 32.1 Å². The fraction of sp³-hybridized carbons (Fsp3) is 0.846. The molecule has 1 saturated carbocycles. The minimum Gasteiger partial charge on any atom is -0.339 e. The summed E-state index contributed by atoms with van der Waals surface area (Å²) in [5.74, 6) is 2.30. The molecule has 4 nitrogen and oxygen atoms in total. The molecule has 0 radical (unpaired) electrons. The van der Waals surface area contributed by atoms with E-state index >= 15 is 0 Å². The Morgan fingerprint density at radius 1 is 1.41 bits per heavy atom. The van der Waals surface area contributed by atoms with Crippen LogP contribution in [0.1, 0.15) is 50.7 Å². The van der Waals surface area contributed by atoms with Crippen LogP contribution in [0.15, 0.2) is 4.52 Å². The molecule has 0 amide bonds. The van der Waals surface area contributed by atoms with Gasteiger partial charge in [-0.1, -0.05) is 24.9 Å². The number of aryl methyl sites for hydroxylation is 1. The predicted molar refractivity (Wildman–Crippen MR) is 66.8 cm³/mol. The Labute approximate surface area is 103 Å². The zero-order valence-corrected chi connectivity index (χ0v) is 10.9. The normalized spacial score (nSPS) is 18.7. The van der Waals surface area contributed by atoms with Gasteiger partial charge in [0.05, 0.1) is 0 Å². The van der Waals surface area contributed by atoms with Gasteiger partial charge in [-0.3, -0.25) is 0 Å². The first-order valence-electron chi connectivity index (χ1n) is 6.82. The zero-order chi connectivity index (χ0) is 12.1. The summed E-state index contributed by atoms with van der Waals surface area (Å²) < 4.78 is 5.23. The van der Waals surface area contributed by atoms with Gasteiger partial charge >= 0.3 is 0 Å². The van der Waals surface area contributed by atoms with Crippen LogP contribution in [-0.4, -0.2) is 22.7 Å². The molecule has 1 heterocycles. The van der Waals surface area contributed by atoms with E-state index in [0.717, 1.165) is 30.6 Å². The van der Waals surface area contributed by atoms with Crippen LogP contribution in [-0.2, 0) is 6.42 Å². The molecular weight excluding hydrogens is 214 g/mol. The smallest absolute Gasteiger partial charge is 0.228 e. The average molecular weight is 237 g/mol. The number of hydrogen-bond donors (Lipinski definition) is 1. The maximum atomic E-state index is 5.23. The minimum absolute atomic E-state index is 0.511. The van der Waals surface area contributed by atoms with Crippen LogP contribution in [0.3, 0.4) is 0 Å². The van der Waals surface area contributed by atoms with Crippen molar-refractivity contribution in [1.29, 1.82) is 0 Å². The minimum atomic E-state index is 0.511. The molecule has 1 aliphatic carbocycles. The molecule has 0 saturated heterocycles. The summed E-state index contributed by atoms with van der Waals surface area (Å²) in [6.45, 7) is 5.15. The topological polar surface area (TPSA) is 51.0 Å². The molecule has 0 aromatic carbocycles. The van der Waals surface area contributed by atoms with Crippen molar-refractivity contribution >= 4 is 0 Å². The molecule has 1 unspecified atom stereocenters. The molecule has 96 valence electrons. The van der Waals surface area contributed by atoms with Gasteiger partial charge in [0, 0.05) is 12.5 Å². The van der Waals surface area contributed by atoms with Crippen molar-refractivity contribution in [3.05, 3.63) is 11.7 Å². The van der Waals surface area contributed by atoms with Gasteiger partial charge in [0.25, 0.3) is 0 Å². The highest BCUT2D eigenvalue weighted by Crippen LogP contribution is 2.29. The van der Waals surface area contributed by atoms with E-state index in [1.807, 2.05) is 6.92 Å². The van der Waals surface area contributed by atoms with Crippen molar-refractivity contribution in [1.82, 2.24) is 15.5 Å². The summed E-state index contributed by atoms with van der Waals surface area (Å²) >= 11 is 0. The standard InChI is InChI=1S/C13H23N3O/c1-3-8-14-12(11-6-4-5-7-11)9-13-15-10(2)16-17-13/h11-12,14H,3-9H2,1-2H3. The summed E-state index contributed by atoms with van der Waals surface area (Å²) in [5, 5.41) is 7.50. The SMILES string of the molecule is CCCNC(Cc1nc(C)no1)C1CCCC1. The van der Waals surface area contributed by atoms with Gasteiger partial charge in [-0.05, 0) is 38.6 Å². The Bertz CT molecular complexity index is 331. The fourth-order valence-electron chi connectivity index (χ4n) is 2.71. The molecule has 1 aliphatic rings. The second kappa shape index (κ2) is 6.15. The van der Waals surface area contributed by atoms with Gasteiger partial charge in [-0.15, -0.1) is 0 Å². The first-order valence-corrected chi connectivity index (χ1v) is 6.82. The van der Waals surface area contributed by atoms with Crippen LogP contribution in [0.4, 0.5) is 0 Å². The van der Waals surface area contributed by atoms with Crippen LogP contribution in [0, 0.1) is 12.8 Å². The third-order valence-electron chi connectivity index (χ3n) is 3.59. The highest BCUT2D eigenvalue weighted by atomic mass is 16.5. The van der Waals surface area contributed by atoms with Crippen molar-refractivity contribution in [2.24, 2.45) is 5.92 Å². The molecule has 0 bridgehead atoms. The van der Waals surface area contributed by atoms with Gasteiger partial charge in [-0.25, -0.2) is 0 Å². The maximum Gasteiger partial charge on any atom is 0.228 e. The summed E-state index contributed by atoms with van der Waals surface area (Å²) in [6, 6.07) is 0.511. The highest BCUT2D eigenvalue weighted by Gasteiger charge is 2.26. The highest BCUT2D eigenvalue weighted by molar-refractivity contribution is 4.91. The molecule has 2 rings (SSSR count). The molecular formula is C13H23N3O. The van der Waals surface area contributed by atoms with Gasteiger partial charge in [0.2, 0.25) is 5.89 Å². The fourth-order valence-corrected chi connectivity index (χ4v) is 2.71. The van der Waals surface area contributed by atoms with Crippen LogP contribution in [0.5, 0.6) is 0 Å². The predicted octanol–water partition coefficient (Wildman–Crippen LogP) is 2.48. The lowest BCUT2D eigenvalue weighted by Crippen LogP contribution is -2.37. The quantitative estimate of drug-likeness (QED) is 0.825. The van der Waals surface area contributed by atoms with Gasteiger partial charge in [-0.2, -0.15) is 4.98 Å². The maximum absolute atomic E-state index is 5.23. The number of aromatic nitrogens is 2. The number of nitrogens with zero attached hydrogens (tertiary/aromatic N) is 2. The Morgan fingerprint density at radius 3 is 2.76 bits per heavy atom. The average Bonchev–Trinajstić information content (AvgIpc) is 2.95. The van der Waals surface area contributed by atoms with E-state index in [0.29, 0.717) is 6.04 Å². The Hall–Kier alpha value is -0.900. The van der Waals surface area contributed by atoms with Crippen molar-refractivity contribution in [3.8, 4) is 0 Å². The lowest BCUT2D eigenvalue weighted by atomic mass is 9.95. The number of hydrogen-bond acceptors (Lipinski definition) is 4. The first kappa shape index (κ1) is 12.6. The van der Waals surface area contributed by atoms with E-state index in [-0.39, 0.29) is 0 Å². The first-order chi connectivity index (χ1) is 8.29. The molecule has 17 heavy (non-hydrogen) atoms. The van der Waals surface area contributed by atoms with Gasteiger partial charge in [0.1, 0.15) is 0 Å². The van der Waals surface area contributed by atoms with Crippen molar-refractivity contribution in [2.45, 2.75) is 58.4 Å². The summed E-state index contributed by atoms with van der Waals surface area (Å²) in [6.07, 6.45) is 7.48. The van der Waals surface area contributed by atoms with Crippen LogP contribution in [0.25, 0.3) is 0 Å². The van der Waals surface area contributed by atoms with E-state index in [2.05, 4.69) is 22.4 Å². The molecule has 1 aromatic heterocycles. The lowest BCUT2D eigenvalue weighted by Gasteiger charge is -2.23. The molecule has 0 spiro atoms. The molecule has 1 N–H and O–H groups in total. The van der Waals surface area contributed by atoms with Crippen LogP contribution in [0.2, 0.25) is 0 Å². The van der Waals surface area contributed by atoms with E-state index in [9.17, 15) is 0 Å². The second-order valence-corrected chi connectivity index (χ2v) is 5.04. The largest absolute Gasteiger partial charge is 0.339 e. The zero-order valence-electron chi connectivity index (χ0n) is 10.9. The number of nitrogens with one attached hydrogen (secondary N) is 1. The molecule has 1 aromatic rings. The molecule has 4 heteroatoms. The molecule has 1 fully saturated rings. The summed E-state index contributed by atoms with van der Waals surface area (Å²) in [5.41, 5.74) is 0. The summed E-state index contributed by atoms with van der Waals surface area (Å²) in [4.78, 5) is 4.31. The monoisotopic (exact) mass is 237 g/mol. The van der Waals surface area contributed by atoms with Crippen molar-refractivity contribution in [3.63, 3.8) is 0 Å². The third-order valence-corrected chi connectivity index (χ3v) is 3.59. The van der Waals surface area contributed by atoms with Crippen LogP contribution >= 0.6 is 0 Å². The molecule has 0 aliphatic heterocycles. The lowest BCUT2D eigenvalue weighted by molar-refractivity contribution is 0.307. The van der Waals surface area contributed by atoms with Crippen molar-refractivity contribution < 1.29 is 4.52 Å². The van der Waals surface area contributed by atoms with E-state index in [1.54, 1.807) is 0 Å². The Balaban J connectivity index is 1.94. The van der Waals surface area contributed by atoms with E-state index in [4.69, 9.17) is 4.52 Å². The third kappa shape index (κ3) is 3.53. The van der Waals surface area contributed by atoms with Crippen molar-refractivity contribution in [2.75, 3.05) is 6.54 Å². The second-order valence-electron chi connectivity index (χ2n) is 5.04.